The van der Waals surface area contributed by atoms with E-state index in [0.29, 0.717) is 11.4 Å². The van der Waals surface area contributed by atoms with Gasteiger partial charge in [-0.05, 0) is 62.4 Å². The number of aromatic hydroxyl groups is 2. The largest absolute Gasteiger partial charge is 0.494 e. The van der Waals surface area contributed by atoms with Crippen molar-refractivity contribution in [2.45, 2.75) is 13.8 Å². The minimum absolute atomic E-state index is 0.0230. The lowest BCUT2D eigenvalue weighted by Crippen LogP contribution is -2.21. The summed E-state index contributed by atoms with van der Waals surface area (Å²) in [6, 6.07) is 17.9. The van der Waals surface area contributed by atoms with Gasteiger partial charge in [-0.3, -0.25) is 4.57 Å². The van der Waals surface area contributed by atoms with Crippen LogP contribution in [0.1, 0.15) is 13.8 Å². The Morgan fingerprint density at radius 1 is 0.731 bits per heavy atom. The molecule has 0 spiro atoms. The van der Waals surface area contributed by atoms with Crippen LogP contribution >= 0.6 is 0 Å². The molecule has 0 saturated carbocycles. The zero-order valence-corrected chi connectivity index (χ0v) is 14.9. The van der Waals surface area contributed by atoms with E-state index < -0.39 is 0 Å². The number of hydrogen-bond donors (Lipinski definition) is 2. The molecule has 0 aliphatic heterocycles. The van der Waals surface area contributed by atoms with E-state index in [9.17, 15) is 10.2 Å². The molecule has 0 fully saturated rings. The van der Waals surface area contributed by atoms with Crippen molar-refractivity contribution in [1.82, 2.24) is 4.57 Å². The van der Waals surface area contributed by atoms with Crippen LogP contribution in [0.3, 0.4) is 0 Å². The van der Waals surface area contributed by atoms with Gasteiger partial charge in [0.2, 0.25) is 0 Å². The molecule has 0 atom stereocenters. The van der Waals surface area contributed by atoms with Crippen LogP contribution in [0.5, 0.6) is 11.8 Å². The first kappa shape index (κ1) is 17.5. The van der Waals surface area contributed by atoms with E-state index in [-0.39, 0.29) is 11.8 Å². The van der Waals surface area contributed by atoms with Gasteiger partial charge in [-0.2, -0.15) is 10.2 Å². The van der Waals surface area contributed by atoms with Crippen molar-refractivity contribution in [3.05, 3.63) is 60.7 Å². The summed E-state index contributed by atoms with van der Waals surface area (Å²) in [5.74, 6) is -0.0460. The van der Waals surface area contributed by atoms with Crippen molar-refractivity contribution < 1.29 is 10.2 Å². The molecule has 0 aliphatic carbocycles. The Morgan fingerprint density at radius 3 is 1.65 bits per heavy atom. The number of hydrogen-bond acceptors (Lipinski definition) is 5. The molecule has 0 saturated heterocycles. The van der Waals surface area contributed by atoms with Crippen molar-refractivity contribution >= 4 is 17.1 Å². The van der Waals surface area contributed by atoms with Crippen LogP contribution in [0.4, 0.5) is 17.1 Å². The Bertz CT molecular complexity index is 860. The van der Waals surface area contributed by atoms with E-state index in [4.69, 9.17) is 0 Å². The summed E-state index contributed by atoms with van der Waals surface area (Å²) >= 11 is 0. The summed E-state index contributed by atoms with van der Waals surface area (Å²) in [5.41, 5.74) is 3.29. The van der Waals surface area contributed by atoms with Gasteiger partial charge in [-0.1, -0.05) is 0 Å². The second-order valence-electron chi connectivity index (χ2n) is 5.79. The summed E-state index contributed by atoms with van der Waals surface area (Å²) < 4.78 is 1.34. The molecule has 3 aromatic rings. The molecule has 1 heterocycles. The molecule has 6 heteroatoms. The zero-order valence-electron chi connectivity index (χ0n) is 14.9. The molecule has 2 aromatic carbocycles. The standard InChI is InChI=1S/C20H22N4O2/c1-3-23(4-2)17-9-5-15(6-10-17)21-22-16-7-11-18(12-8-16)24-19(25)13-14-20(24)26/h5-14,25-26H,3-4H2,1-2H3. The van der Waals surface area contributed by atoms with Gasteiger partial charge < -0.3 is 15.1 Å². The lowest BCUT2D eigenvalue weighted by molar-refractivity contribution is 0.402. The summed E-state index contributed by atoms with van der Waals surface area (Å²) in [6.45, 7) is 6.20. The second kappa shape index (κ2) is 7.74. The monoisotopic (exact) mass is 350 g/mol. The van der Waals surface area contributed by atoms with Gasteiger partial charge in [0.05, 0.1) is 17.1 Å². The third-order valence-electron chi connectivity index (χ3n) is 4.21. The van der Waals surface area contributed by atoms with Crippen LogP contribution < -0.4 is 4.90 Å². The highest BCUT2D eigenvalue weighted by molar-refractivity contribution is 5.53. The van der Waals surface area contributed by atoms with Gasteiger partial charge in [-0.15, -0.1) is 0 Å². The minimum atomic E-state index is -0.0230. The predicted molar refractivity (Wildman–Crippen MR) is 103 cm³/mol. The quantitative estimate of drug-likeness (QED) is 0.604. The zero-order chi connectivity index (χ0) is 18.5. The van der Waals surface area contributed by atoms with Gasteiger partial charge in [-0.25, -0.2) is 0 Å². The van der Waals surface area contributed by atoms with E-state index >= 15 is 0 Å². The molecule has 6 nitrogen and oxygen atoms in total. The summed E-state index contributed by atoms with van der Waals surface area (Å²) in [4.78, 5) is 2.27. The summed E-state index contributed by atoms with van der Waals surface area (Å²) in [5, 5.41) is 28.0. The number of nitrogens with zero attached hydrogens (tertiary/aromatic N) is 4. The molecule has 1 aromatic heterocycles. The molecule has 0 unspecified atom stereocenters. The molecule has 0 aliphatic rings. The first-order chi connectivity index (χ1) is 12.6. The van der Waals surface area contributed by atoms with Gasteiger partial charge in [0.15, 0.2) is 11.8 Å². The van der Waals surface area contributed by atoms with Crippen LogP contribution in [0.15, 0.2) is 70.9 Å². The number of aromatic nitrogens is 1. The fraction of sp³-hybridized carbons (Fsp3) is 0.200. The molecule has 0 bridgehead atoms. The summed E-state index contributed by atoms with van der Waals surface area (Å²) in [6.07, 6.45) is 0. The Labute approximate surface area is 152 Å². The Balaban J connectivity index is 1.73. The molecule has 134 valence electrons. The molecule has 0 amide bonds. The van der Waals surface area contributed by atoms with E-state index in [1.165, 1.54) is 22.4 Å². The van der Waals surface area contributed by atoms with Crippen LogP contribution in [0, 0.1) is 0 Å². The average Bonchev–Trinajstić information content (AvgIpc) is 3.01. The highest BCUT2D eigenvalue weighted by Gasteiger charge is 2.07. The van der Waals surface area contributed by atoms with E-state index in [1.807, 2.05) is 24.3 Å². The molecule has 2 N–H and O–H groups in total. The van der Waals surface area contributed by atoms with Crippen molar-refractivity contribution in [1.29, 1.82) is 0 Å². The number of anilines is 1. The second-order valence-corrected chi connectivity index (χ2v) is 5.79. The van der Waals surface area contributed by atoms with E-state index in [2.05, 4.69) is 29.0 Å². The molecule has 26 heavy (non-hydrogen) atoms. The van der Waals surface area contributed by atoms with E-state index in [0.717, 1.165) is 18.8 Å². The third kappa shape index (κ3) is 3.69. The fourth-order valence-electron chi connectivity index (χ4n) is 2.78. The number of azo groups is 1. The highest BCUT2D eigenvalue weighted by Crippen LogP contribution is 2.28. The van der Waals surface area contributed by atoms with E-state index in [1.54, 1.807) is 24.3 Å². The first-order valence-corrected chi connectivity index (χ1v) is 8.59. The lowest BCUT2D eigenvalue weighted by Gasteiger charge is -2.20. The van der Waals surface area contributed by atoms with Crippen LogP contribution in [0.25, 0.3) is 5.69 Å². The average molecular weight is 350 g/mol. The Kier molecular flexibility index (Phi) is 5.22. The Hall–Kier alpha value is -3.28. The number of benzene rings is 2. The van der Waals surface area contributed by atoms with Crippen molar-refractivity contribution in [2.75, 3.05) is 18.0 Å². The topological polar surface area (TPSA) is 73.4 Å². The Morgan fingerprint density at radius 2 is 1.19 bits per heavy atom. The van der Waals surface area contributed by atoms with Gasteiger partial charge >= 0.3 is 0 Å². The van der Waals surface area contributed by atoms with Gasteiger partial charge in [0.25, 0.3) is 0 Å². The van der Waals surface area contributed by atoms with Crippen LogP contribution in [0.2, 0.25) is 0 Å². The normalized spacial score (nSPS) is 11.2. The predicted octanol–water partition coefficient (Wildman–Crippen LogP) is 5.15. The van der Waals surface area contributed by atoms with Crippen molar-refractivity contribution in [3.8, 4) is 17.4 Å². The third-order valence-corrected chi connectivity index (χ3v) is 4.21. The van der Waals surface area contributed by atoms with Gasteiger partial charge in [0, 0.05) is 30.9 Å². The molecule has 0 radical (unpaired) electrons. The highest BCUT2D eigenvalue weighted by atomic mass is 16.3. The van der Waals surface area contributed by atoms with Crippen molar-refractivity contribution in [2.24, 2.45) is 10.2 Å². The van der Waals surface area contributed by atoms with Crippen molar-refractivity contribution in [3.63, 3.8) is 0 Å². The van der Waals surface area contributed by atoms with Crippen LogP contribution in [-0.4, -0.2) is 27.9 Å². The fourth-order valence-corrected chi connectivity index (χ4v) is 2.78. The maximum Gasteiger partial charge on any atom is 0.198 e. The minimum Gasteiger partial charge on any atom is -0.494 e. The smallest absolute Gasteiger partial charge is 0.198 e. The maximum absolute atomic E-state index is 9.76. The lowest BCUT2D eigenvalue weighted by atomic mass is 10.2. The first-order valence-electron chi connectivity index (χ1n) is 8.59. The SMILES string of the molecule is CCN(CC)c1ccc(N=Nc2ccc(-n3c(O)ccc3O)cc2)cc1. The van der Waals surface area contributed by atoms with Gasteiger partial charge in [0.1, 0.15) is 0 Å². The summed E-state index contributed by atoms with van der Waals surface area (Å²) in [7, 11) is 0. The van der Waals surface area contributed by atoms with Crippen LogP contribution in [-0.2, 0) is 0 Å². The number of rotatable bonds is 6. The molecular formula is C20H22N4O2. The molecule has 3 rings (SSSR count). The molecular weight excluding hydrogens is 328 g/mol. The maximum atomic E-state index is 9.76.